The molecule has 37 heavy (non-hydrogen) atoms. The maximum Gasteiger partial charge on any atom is 0.410 e. The van der Waals surface area contributed by atoms with Gasteiger partial charge in [0.15, 0.2) is 0 Å². The third-order valence-electron chi connectivity index (χ3n) is 6.44. The van der Waals surface area contributed by atoms with Crippen LogP contribution in [0.15, 0.2) is 55.0 Å². The summed E-state index contributed by atoms with van der Waals surface area (Å²) in [5.74, 6) is -0.231. The van der Waals surface area contributed by atoms with Gasteiger partial charge in [-0.05, 0) is 57.2 Å². The molecular formula is C28H27FN6O2. The van der Waals surface area contributed by atoms with Crippen molar-refractivity contribution in [2.45, 2.75) is 45.1 Å². The molecule has 3 aromatic heterocycles. The van der Waals surface area contributed by atoms with E-state index in [4.69, 9.17) is 9.72 Å². The Hall–Kier alpha value is -4.32. The summed E-state index contributed by atoms with van der Waals surface area (Å²) < 4.78 is 20.6. The maximum absolute atomic E-state index is 13.4. The van der Waals surface area contributed by atoms with Crippen molar-refractivity contribution in [3.63, 3.8) is 0 Å². The number of nitriles is 1. The van der Waals surface area contributed by atoms with Crippen molar-refractivity contribution in [3.8, 4) is 28.6 Å². The molecule has 1 aliphatic heterocycles. The second kappa shape index (κ2) is 9.62. The largest absolute Gasteiger partial charge is 0.444 e. The molecule has 9 heteroatoms. The van der Waals surface area contributed by atoms with E-state index in [1.807, 2.05) is 32.9 Å². The van der Waals surface area contributed by atoms with Gasteiger partial charge in [0.1, 0.15) is 22.8 Å². The number of nitrogens with zero attached hydrogens (tertiary/aromatic N) is 6. The lowest BCUT2D eigenvalue weighted by Crippen LogP contribution is -2.41. The molecule has 0 unspecified atom stereocenters. The molecule has 0 saturated carbocycles. The van der Waals surface area contributed by atoms with Gasteiger partial charge in [-0.2, -0.15) is 14.8 Å². The first-order valence-corrected chi connectivity index (χ1v) is 12.2. The van der Waals surface area contributed by atoms with Crippen LogP contribution in [0, 0.1) is 17.3 Å². The third kappa shape index (κ3) is 5.14. The van der Waals surface area contributed by atoms with Crippen LogP contribution >= 0.6 is 0 Å². The van der Waals surface area contributed by atoms with Gasteiger partial charge in [-0.15, -0.1) is 0 Å². The smallest absolute Gasteiger partial charge is 0.410 e. The minimum atomic E-state index is -0.586. The van der Waals surface area contributed by atoms with Gasteiger partial charge >= 0.3 is 6.09 Å². The van der Waals surface area contributed by atoms with Gasteiger partial charge in [-0.25, -0.2) is 19.3 Å². The molecule has 0 atom stereocenters. The molecule has 0 spiro atoms. The Labute approximate surface area is 214 Å². The Morgan fingerprint density at radius 2 is 1.78 bits per heavy atom. The van der Waals surface area contributed by atoms with Crippen LogP contribution in [0.1, 0.15) is 50.7 Å². The number of halogens is 1. The fourth-order valence-electron chi connectivity index (χ4n) is 4.60. The molecule has 1 fully saturated rings. The van der Waals surface area contributed by atoms with Crippen LogP contribution in [0.4, 0.5) is 9.18 Å². The number of likely N-dealkylation sites (tertiary alicyclic amines) is 1. The first-order chi connectivity index (χ1) is 17.7. The average Bonchev–Trinajstić information content (AvgIpc) is 3.31. The van der Waals surface area contributed by atoms with Crippen molar-refractivity contribution in [3.05, 3.63) is 72.1 Å². The van der Waals surface area contributed by atoms with Gasteiger partial charge < -0.3 is 9.64 Å². The van der Waals surface area contributed by atoms with E-state index in [1.165, 1.54) is 24.0 Å². The van der Waals surface area contributed by atoms with Crippen LogP contribution in [0.25, 0.3) is 28.0 Å². The lowest BCUT2D eigenvalue weighted by molar-refractivity contribution is 0.0205. The highest BCUT2D eigenvalue weighted by Crippen LogP contribution is 2.32. The number of carbonyl (C=O) groups excluding carboxylic acids is 1. The van der Waals surface area contributed by atoms with Crippen molar-refractivity contribution in [1.82, 2.24) is 24.5 Å². The van der Waals surface area contributed by atoms with E-state index in [0.717, 1.165) is 18.4 Å². The fraction of sp³-hybridized carbons (Fsp3) is 0.321. The number of aromatic nitrogens is 4. The second-order valence-electron chi connectivity index (χ2n) is 10.2. The summed E-state index contributed by atoms with van der Waals surface area (Å²) in [7, 11) is 0. The Kier molecular flexibility index (Phi) is 6.34. The third-order valence-corrected chi connectivity index (χ3v) is 6.44. The Bertz CT molecular complexity index is 1470. The molecule has 8 nitrogen and oxygen atoms in total. The topological polar surface area (TPSA) is 96.4 Å². The summed E-state index contributed by atoms with van der Waals surface area (Å²) in [6, 6.07) is 13.2. The quantitative estimate of drug-likeness (QED) is 0.342. The fourth-order valence-corrected chi connectivity index (χ4v) is 4.60. The van der Waals surface area contributed by atoms with E-state index in [9.17, 15) is 14.4 Å². The number of piperidine rings is 1. The number of fused-ring (bicyclic) bond motifs is 1. The second-order valence-corrected chi connectivity index (χ2v) is 10.2. The van der Waals surface area contributed by atoms with Crippen LogP contribution in [0.3, 0.4) is 0 Å². The van der Waals surface area contributed by atoms with Gasteiger partial charge in [-0.1, -0.05) is 24.3 Å². The Morgan fingerprint density at radius 3 is 2.41 bits per heavy atom. The van der Waals surface area contributed by atoms with Gasteiger partial charge in [0.2, 0.25) is 5.95 Å². The maximum atomic E-state index is 13.4. The van der Waals surface area contributed by atoms with Crippen LogP contribution in [-0.4, -0.2) is 49.3 Å². The highest BCUT2D eigenvalue weighted by Gasteiger charge is 2.27. The summed E-state index contributed by atoms with van der Waals surface area (Å²) in [6.07, 6.45) is 6.16. The van der Waals surface area contributed by atoms with Crippen molar-refractivity contribution in [2.75, 3.05) is 13.1 Å². The number of rotatable bonds is 3. The molecule has 1 amide bonds. The number of amides is 1. The number of hydrogen-bond donors (Lipinski definition) is 0. The van der Waals surface area contributed by atoms with Gasteiger partial charge in [0, 0.05) is 30.4 Å². The number of benzene rings is 1. The van der Waals surface area contributed by atoms with E-state index in [0.29, 0.717) is 47.0 Å². The highest BCUT2D eigenvalue weighted by molar-refractivity contribution is 5.82. The summed E-state index contributed by atoms with van der Waals surface area (Å²) >= 11 is 0. The van der Waals surface area contributed by atoms with Gasteiger partial charge in [-0.3, -0.25) is 0 Å². The highest BCUT2D eigenvalue weighted by atomic mass is 19.1. The number of hydrogen-bond acceptors (Lipinski definition) is 6. The van der Waals surface area contributed by atoms with E-state index < -0.39 is 11.5 Å². The molecule has 0 N–H and O–H groups in total. The zero-order chi connectivity index (χ0) is 26.2. The number of pyridine rings is 1. The van der Waals surface area contributed by atoms with E-state index in [2.05, 4.69) is 28.3 Å². The SMILES string of the molecule is CC(C)(C)OC(=O)N1CCC(c2ccc(-c3cn4ncc(C#N)c4c(-c4ccc(F)nc4)n3)cc2)CC1. The van der Waals surface area contributed by atoms with Crippen LogP contribution in [0.5, 0.6) is 0 Å². The van der Waals surface area contributed by atoms with Crippen LogP contribution in [0.2, 0.25) is 0 Å². The van der Waals surface area contributed by atoms with Crippen molar-refractivity contribution in [2.24, 2.45) is 0 Å². The molecule has 4 aromatic rings. The summed E-state index contributed by atoms with van der Waals surface area (Å²) in [5.41, 5.74) is 4.31. The predicted octanol–water partition coefficient (Wildman–Crippen LogP) is 5.58. The molecule has 188 valence electrons. The number of carbonyl (C=O) groups is 1. The zero-order valence-corrected chi connectivity index (χ0v) is 21.0. The first-order valence-electron chi connectivity index (χ1n) is 12.2. The standard InChI is InChI=1S/C28H27FN6O2/c1-28(2,3)37-27(36)34-12-10-19(11-13-34)18-4-6-20(7-5-18)23-17-35-26(22(14-30)16-32-35)25(33-23)21-8-9-24(29)31-15-21/h4-9,15-17,19H,10-13H2,1-3H3. The van der Waals surface area contributed by atoms with Crippen molar-refractivity contribution >= 4 is 11.6 Å². The van der Waals surface area contributed by atoms with E-state index >= 15 is 0 Å². The Morgan fingerprint density at radius 1 is 1.08 bits per heavy atom. The summed E-state index contributed by atoms with van der Waals surface area (Å²) in [4.78, 5) is 22.7. The molecule has 1 aromatic carbocycles. The van der Waals surface area contributed by atoms with Crippen LogP contribution in [-0.2, 0) is 4.74 Å². The summed E-state index contributed by atoms with van der Waals surface area (Å²) in [5, 5.41) is 13.9. The normalized spacial score (nSPS) is 14.5. The molecule has 1 saturated heterocycles. The molecule has 5 rings (SSSR count). The Balaban J connectivity index is 1.38. The molecule has 1 aliphatic rings. The van der Waals surface area contributed by atoms with Crippen LogP contribution < -0.4 is 0 Å². The zero-order valence-electron chi connectivity index (χ0n) is 21.0. The number of ether oxygens (including phenoxy) is 1. The molecular weight excluding hydrogens is 471 g/mol. The lowest BCUT2D eigenvalue weighted by Gasteiger charge is -2.33. The van der Waals surface area contributed by atoms with Gasteiger partial charge in [0.05, 0.1) is 23.8 Å². The minimum absolute atomic E-state index is 0.256. The van der Waals surface area contributed by atoms with E-state index in [-0.39, 0.29) is 6.09 Å². The minimum Gasteiger partial charge on any atom is -0.444 e. The van der Waals surface area contributed by atoms with Crippen molar-refractivity contribution in [1.29, 1.82) is 5.26 Å². The average molecular weight is 499 g/mol. The van der Waals surface area contributed by atoms with Gasteiger partial charge in [0.25, 0.3) is 0 Å². The molecule has 4 heterocycles. The molecule has 0 aliphatic carbocycles. The molecule has 0 radical (unpaired) electrons. The molecule has 0 bridgehead atoms. The predicted molar refractivity (Wildman–Crippen MR) is 136 cm³/mol. The van der Waals surface area contributed by atoms with Crippen molar-refractivity contribution < 1.29 is 13.9 Å². The van der Waals surface area contributed by atoms with E-state index in [1.54, 1.807) is 21.7 Å². The lowest BCUT2D eigenvalue weighted by atomic mass is 9.89. The summed E-state index contributed by atoms with van der Waals surface area (Å²) in [6.45, 7) is 6.95. The monoisotopic (exact) mass is 498 g/mol. The first kappa shape index (κ1) is 24.4.